The van der Waals surface area contributed by atoms with Gasteiger partial charge in [0.05, 0.1) is 0 Å². The van der Waals surface area contributed by atoms with E-state index in [4.69, 9.17) is 0 Å². The molecule has 3 heterocycles. The van der Waals surface area contributed by atoms with Gasteiger partial charge < -0.3 is 0 Å². The Morgan fingerprint density at radius 2 is 2.35 bits per heavy atom. The van der Waals surface area contributed by atoms with Crippen LogP contribution in [-0.2, 0) is 6.54 Å². The molecule has 3 rings (SSSR count). The molecule has 0 amide bonds. The van der Waals surface area contributed by atoms with Gasteiger partial charge >= 0.3 is 0 Å². The Kier molecular flexibility index (Phi) is 3.20. The molecule has 0 bridgehead atoms. The SMILES string of the molecule is c1cncc(C2CCCN2Cc2cccs2)c1. The topological polar surface area (TPSA) is 16.1 Å². The molecular weight excluding hydrogens is 228 g/mol. The zero-order valence-electron chi connectivity index (χ0n) is 9.75. The molecule has 0 aromatic carbocycles. The molecule has 1 aliphatic heterocycles. The van der Waals surface area contributed by atoms with Crippen molar-refractivity contribution in [2.75, 3.05) is 6.54 Å². The van der Waals surface area contributed by atoms with Crippen LogP contribution in [0.1, 0.15) is 29.3 Å². The van der Waals surface area contributed by atoms with Crippen LogP contribution in [-0.4, -0.2) is 16.4 Å². The van der Waals surface area contributed by atoms with Crippen LogP contribution in [0.5, 0.6) is 0 Å². The fourth-order valence-electron chi connectivity index (χ4n) is 2.57. The molecular formula is C14H16N2S. The first kappa shape index (κ1) is 10.9. The van der Waals surface area contributed by atoms with Crippen LogP contribution in [0.2, 0.25) is 0 Å². The number of pyridine rings is 1. The molecule has 0 aliphatic carbocycles. The van der Waals surface area contributed by atoms with E-state index in [2.05, 4.69) is 33.5 Å². The van der Waals surface area contributed by atoms with Crippen molar-refractivity contribution in [3.63, 3.8) is 0 Å². The zero-order chi connectivity index (χ0) is 11.5. The fraction of sp³-hybridized carbons (Fsp3) is 0.357. The summed E-state index contributed by atoms with van der Waals surface area (Å²) < 4.78 is 0. The highest BCUT2D eigenvalue weighted by atomic mass is 32.1. The Morgan fingerprint density at radius 3 is 3.12 bits per heavy atom. The van der Waals surface area contributed by atoms with E-state index in [0.29, 0.717) is 6.04 Å². The van der Waals surface area contributed by atoms with Gasteiger partial charge in [0.1, 0.15) is 0 Å². The lowest BCUT2D eigenvalue weighted by atomic mass is 10.1. The maximum Gasteiger partial charge on any atom is 0.0367 e. The van der Waals surface area contributed by atoms with Gasteiger partial charge in [0, 0.05) is 29.9 Å². The van der Waals surface area contributed by atoms with Crippen molar-refractivity contribution in [1.29, 1.82) is 0 Å². The third-order valence-electron chi connectivity index (χ3n) is 3.37. The predicted octanol–water partition coefficient (Wildman–Crippen LogP) is 3.48. The van der Waals surface area contributed by atoms with E-state index in [1.54, 1.807) is 0 Å². The molecule has 0 spiro atoms. The van der Waals surface area contributed by atoms with E-state index in [9.17, 15) is 0 Å². The molecule has 1 aliphatic rings. The molecule has 1 atom stereocenters. The smallest absolute Gasteiger partial charge is 0.0367 e. The normalized spacial score (nSPS) is 20.8. The van der Waals surface area contributed by atoms with E-state index >= 15 is 0 Å². The van der Waals surface area contributed by atoms with Crippen molar-refractivity contribution in [1.82, 2.24) is 9.88 Å². The average molecular weight is 244 g/mol. The van der Waals surface area contributed by atoms with Crippen LogP contribution in [0, 0.1) is 0 Å². The van der Waals surface area contributed by atoms with E-state index < -0.39 is 0 Å². The lowest BCUT2D eigenvalue weighted by Crippen LogP contribution is -2.22. The van der Waals surface area contributed by atoms with Gasteiger partial charge in [0.2, 0.25) is 0 Å². The van der Waals surface area contributed by atoms with E-state index in [-0.39, 0.29) is 0 Å². The lowest BCUT2D eigenvalue weighted by molar-refractivity contribution is 0.250. The molecule has 1 saturated heterocycles. The highest BCUT2D eigenvalue weighted by Crippen LogP contribution is 2.33. The standard InChI is InChI=1S/C14H16N2S/c1-4-12(10-15-7-1)14-6-2-8-16(14)11-13-5-3-9-17-13/h1,3-5,7,9-10,14H,2,6,8,11H2. The third-order valence-corrected chi connectivity index (χ3v) is 4.23. The minimum atomic E-state index is 0.561. The number of likely N-dealkylation sites (tertiary alicyclic amines) is 1. The maximum absolute atomic E-state index is 4.24. The summed E-state index contributed by atoms with van der Waals surface area (Å²) in [6.45, 7) is 2.29. The number of hydrogen-bond donors (Lipinski definition) is 0. The molecule has 0 radical (unpaired) electrons. The van der Waals surface area contributed by atoms with Crippen molar-refractivity contribution in [2.24, 2.45) is 0 Å². The molecule has 1 unspecified atom stereocenters. The maximum atomic E-state index is 4.24. The van der Waals surface area contributed by atoms with Gasteiger partial charge in [0.25, 0.3) is 0 Å². The minimum Gasteiger partial charge on any atom is -0.291 e. The van der Waals surface area contributed by atoms with Gasteiger partial charge in [-0.2, -0.15) is 0 Å². The lowest BCUT2D eigenvalue weighted by Gasteiger charge is -2.23. The molecule has 2 aromatic heterocycles. The Hall–Kier alpha value is -1.19. The predicted molar refractivity (Wildman–Crippen MR) is 70.9 cm³/mol. The van der Waals surface area contributed by atoms with Gasteiger partial charge in [-0.1, -0.05) is 12.1 Å². The number of nitrogens with zero attached hydrogens (tertiary/aromatic N) is 2. The quantitative estimate of drug-likeness (QED) is 0.821. The molecule has 3 heteroatoms. The molecule has 2 aromatic rings. The van der Waals surface area contributed by atoms with Crippen LogP contribution in [0.3, 0.4) is 0 Å². The highest BCUT2D eigenvalue weighted by Gasteiger charge is 2.26. The number of rotatable bonds is 3. The minimum absolute atomic E-state index is 0.561. The van der Waals surface area contributed by atoms with E-state index in [1.165, 1.54) is 29.8 Å². The Morgan fingerprint density at radius 1 is 1.35 bits per heavy atom. The van der Waals surface area contributed by atoms with Crippen LogP contribution < -0.4 is 0 Å². The van der Waals surface area contributed by atoms with Crippen molar-refractivity contribution in [3.8, 4) is 0 Å². The third kappa shape index (κ3) is 2.40. The van der Waals surface area contributed by atoms with Gasteiger partial charge in [-0.3, -0.25) is 9.88 Å². The Bertz CT molecular complexity index is 452. The van der Waals surface area contributed by atoms with Crippen molar-refractivity contribution >= 4 is 11.3 Å². The first-order chi connectivity index (χ1) is 8.43. The highest BCUT2D eigenvalue weighted by molar-refractivity contribution is 7.09. The summed E-state index contributed by atoms with van der Waals surface area (Å²) in [7, 11) is 0. The van der Waals surface area contributed by atoms with Gasteiger partial charge in [-0.25, -0.2) is 0 Å². The number of thiophene rings is 1. The zero-order valence-corrected chi connectivity index (χ0v) is 10.6. The first-order valence-corrected chi connectivity index (χ1v) is 6.98. The summed E-state index contributed by atoms with van der Waals surface area (Å²) >= 11 is 1.85. The van der Waals surface area contributed by atoms with E-state index in [0.717, 1.165) is 6.54 Å². The summed E-state index contributed by atoms with van der Waals surface area (Å²) in [5.41, 5.74) is 1.36. The molecule has 88 valence electrons. The molecule has 0 N–H and O–H groups in total. The Labute approximate surface area is 106 Å². The first-order valence-electron chi connectivity index (χ1n) is 6.10. The van der Waals surface area contributed by atoms with Crippen LogP contribution >= 0.6 is 11.3 Å². The molecule has 1 fully saturated rings. The summed E-state index contributed by atoms with van der Waals surface area (Å²) in [4.78, 5) is 8.27. The van der Waals surface area contributed by atoms with Crippen molar-refractivity contribution < 1.29 is 0 Å². The van der Waals surface area contributed by atoms with E-state index in [1.807, 2.05) is 29.8 Å². The molecule has 2 nitrogen and oxygen atoms in total. The molecule has 0 saturated carbocycles. The fourth-order valence-corrected chi connectivity index (χ4v) is 3.30. The van der Waals surface area contributed by atoms with Gasteiger partial charge in [-0.15, -0.1) is 11.3 Å². The van der Waals surface area contributed by atoms with Crippen LogP contribution in [0.25, 0.3) is 0 Å². The second-order valence-electron chi connectivity index (χ2n) is 4.49. The second kappa shape index (κ2) is 4.98. The number of hydrogen-bond acceptors (Lipinski definition) is 3. The molecule has 17 heavy (non-hydrogen) atoms. The summed E-state index contributed by atoms with van der Waals surface area (Å²) in [5, 5.41) is 2.16. The second-order valence-corrected chi connectivity index (χ2v) is 5.53. The van der Waals surface area contributed by atoms with Gasteiger partial charge in [-0.05, 0) is 42.5 Å². The van der Waals surface area contributed by atoms with Crippen LogP contribution in [0.15, 0.2) is 42.0 Å². The van der Waals surface area contributed by atoms with Crippen molar-refractivity contribution in [3.05, 3.63) is 52.5 Å². The summed E-state index contributed by atoms with van der Waals surface area (Å²) in [5.74, 6) is 0. The van der Waals surface area contributed by atoms with Crippen LogP contribution in [0.4, 0.5) is 0 Å². The number of aromatic nitrogens is 1. The van der Waals surface area contributed by atoms with Crippen molar-refractivity contribution in [2.45, 2.75) is 25.4 Å². The van der Waals surface area contributed by atoms with Gasteiger partial charge in [0.15, 0.2) is 0 Å². The largest absolute Gasteiger partial charge is 0.291 e. The monoisotopic (exact) mass is 244 g/mol. The summed E-state index contributed by atoms with van der Waals surface area (Å²) in [6, 6.07) is 9.16. The summed E-state index contributed by atoms with van der Waals surface area (Å²) in [6.07, 6.45) is 6.42. The Balaban J connectivity index is 1.76. The average Bonchev–Trinajstić information content (AvgIpc) is 3.02.